The van der Waals surface area contributed by atoms with Crippen LogP contribution in [0.5, 0.6) is 0 Å². The molecule has 0 aliphatic carbocycles. The van der Waals surface area contributed by atoms with Crippen molar-refractivity contribution in [3.63, 3.8) is 0 Å². The van der Waals surface area contributed by atoms with Gasteiger partial charge < -0.3 is 5.73 Å². The molecule has 0 amide bonds. The number of anilines is 1. The minimum Gasteiger partial charge on any atom is -0.399 e. The molecule has 0 aromatic heterocycles. The molecule has 0 spiro atoms. The summed E-state index contributed by atoms with van der Waals surface area (Å²) in [6, 6.07) is 6.13. The molecule has 96 valence electrons. The van der Waals surface area contributed by atoms with E-state index in [0.717, 1.165) is 12.2 Å². The zero-order valence-corrected chi connectivity index (χ0v) is 11.6. The molecule has 6 heteroatoms. The molecule has 0 saturated carbocycles. The van der Waals surface area contributed by atoms with E-state index in [-0.39, 0.29) is 10.9 Å². The fraction of sp³-hybridized carbons (Fsp3) is 0.455. The summed E-state index contributed by atoms with van der Waals surface area (Å²) in [5.74, 6) is 0.936. The highest BCUT2D eigenvalue weighted by Gasteiger charge is 2.16. The summed E-state index contributed by atoms with van der Waals surface area (Å²) in [5, 5.41) is 0. The topological polar surface area (TPSA) is 72.2 Å². The molecule has 0 fully saturated rings. The normalized spacial score (nSPS) is 13.5. The average Bonchev–Trinajstić information content (AvgIpc) is 2.26. The highest BCUT2D eigenvalue weighted by Crippen LogP contribution is 2.12. The third-order valence-corrected chi connectivity index (χ3v) is 4.55. The van der Waals surface area contributed by atoms with Gasteiger partial charge in [-0.05, 0) is 49.6 Å². The number of thioether (sulfide) groups is 1. The number of nitrogen functional groups attached to an aromatic ring is 1. The van der Waals surface area contributed by atoms with Crippen LogP contribution in [0.1, 0.15) is 13.3 Å². The maximum absolute atomic E-state index is 12.0. The van der Waals surface area contributed by atoms with Crippen LogP contribution in [-0.4, -0.2) is 26.5 Å². The SMILES string of the molecule is CSCC[C@H](C)NS(=O)(=O)c1ccc(N)cc1. The fourth-order valence-corrected chi connectivity index (χ4v) is 3.20. The minimum atomic E-state index is -3.42. The molecule has 0 heterocycles. The molecule has 0 radical (unpaired) electrons. The van der Waals surface area contributed by atoms with Gasteiger partial charge in [0.15, 0.2) is 0 Å². The first kappa shape index (κ1) is 14.3. The molecule has 3 N–H and O–H groups in total. The van der Waals surface area contributed by atoms with E-state index in [2.05, 4.69) is 4.72 Å². The number of rotatable bonds is 6. The maximum atomic E-state index is 12.0. The molecule has 0 saturated heterocycles. The van der Waals surface area contributed by atoms with E-state index in [1.807, 2.05) is 13.2 Å². The monoisotopic (exact) mass is 274 g/mol. The molecule has 1 atom stereocenters. The van der Waals surface area contributed by atoms with Crippen molar-refractivity contribution in [1.82, 2.24) is 4.72 Å². The van der Waals surface area contributed by atoms with Gasteiger partial charge in [0, 0.05) is 11.7 Å². The third kappa shape index (κ3) is 4.57. The lowest BCUT2D eigenvalue weighted by molar-refractivity contribution is 0.557. The molecular weight excluding hydrogens is 256 g/mol. The number of nitrogens with one attached hydrogen (secondary N) is 1. The Balaban J connectivity index is 2.71. The lowest BCUT2D eigenvalue weighted by atomic mass is 10.3. The fourth-order valence-electron chi connectivity index (χ4n) is 1.33. The number of benzene rings is 1. The standard InChI is InChI=1S/C11H18N2O2S2/c1-9(7-8-16-2)13-17(14,15)11-5-3-10(12)4-6-11/h3-6,9,13H,7-8,12H2,1-2H3/t9-/m0/s1. The van der Waals surface area contributed by atoms with E-state index in [0.29, 0.717) is 5.69 Å². The van der Waals surface area contributed by atoms with Gasteiger partial charge in [-0.3, -0.25) is 0 Å². The van der Waals surface area contributed by atoms with Crippen LogP contribution in [0.4, 0.5) is 5.69 Å². The summed E-state index contributed by atoms with van der Waals surface area (Å²) in [6.45, 7) is 1.87. The van der Waals surface area contributed by atoms with Crippen molar-refractivity contribution < 1.29 is 8.42 Å². The zero-order valence-electron chi connectivity index (χ0n) is 10.0. The maximum Gasteiger partial charge on any atom is 0.240 e. The molecule has 0 bridgehead atoms. The van der Waals surface area contributed by atoms with E-state index in [1.165, 1.54) is 12.1 Å². The van der Waals surface area contributed by atoms with Crippen molar-refractivity contribution in [2.24, 2.45) is 0 Å². The Labute approximate surface area is 107 Å². The minimum absolute atomic E-state index is 0.0648. The van der Waals surface area contributed by atoms with Crippen LogP contribution in [0.3, 0.4) is 0 Å². The Hall–Kier alpha value is -0.720. The highest BCUT2D eigenvalue weighted by molar-refractivity contribution is 7.98. The Morgan fingerprint density at radius 3 is 2.47 bits per heavy atom. The van der Waals surface area contributed by atoms with Crippen molar-refractivity contribution in [2.75, 3.05) is 17.7 Å². The number of nitrogens with two attached hydrogens (primary N) is 1. The van der Waals surface area contributed by atoms with Gasteiger partial charge in [0.2, 0.25) is 10.0 Å². The smallest absolute Gasteiger partial charge is 0.240 e. The van der Waals surface area contributed by atoms with Crippen LogP contribution in [0.25, 0.3) is 0 Å². The van der Waals surface area contributed by atoms with E-state index in [9.17, 15) is 8.42 Å². The Morgan fingerprint density at radius 1 is 1.35 bits per heavy atom. The van der Waals surface area contributed by atoms with Gasteiger partial charge in [-0.15, -0.1) is 0 Å². The van der Waals surface area contributed by atoms with Crippen LogP contribution in [0.15, 0.2) is 29.2 Å². The van der Waals surface area contributed by atoms with Gasteiger partial charge in [0.25, 0.3) is 0 Å². The lowest BCUT2D eigenvalue weighted by Crippen LogP contribution is -2.32. The summed E-state index contributed by atoms with van der Waals surface area (Å²) in [5.41, 5.74) is 6.07. The van der Waals surface area contributed by atoms with Gasteiger partial charge >= 0.3 is 0 Å². The quantitative estimate of drug-likeness (QED) is 0.774. The van der Waals surface area contributed by atoms with Gasteiger partial charge in [-0.2, -0.15) is 11.8 Å². The number of sulfonamides is 1. The highest BCUT2D eigenvalue weighted by atomic mass is 32.2. The molecule has 0 aliphatic heterocycles. The van der Waals surface area contributed by atoms with E-state index >= 15 is 0 Å². The lowest BCUT2D eigenvalue weighted by Gasteiger charge is -2.13. The van der Waals surface area contributed by atoms with Crippen molar-refractivity contribution >= 4 is 27.5 Å². The van der Waals surface area contributed by atoms with E-state index < -0.39 is 10.0 Å². The van der Waals surface area contributed by atoms with Gasteiger partial charge in [-0.1, -0.05) is 0 Å². The molecule has 1 rings (SSSR count). The van der Waals surface area contributed by atoms with Gasteiger partial charge in [-0.25, -0.2) is 13.1 Å². The largest absolute Gasteiger partial charge is 0.399 e. The van der Waals surface area contributed by atoms with Gasteiger partial charge in [0.1, 0.15) is 0 Å². The first-order chi connectivity index (χ1) is 7.95. The second kappa shape index (κ2) is 6.28. The Kier molecular flexibility index (Phi) is 5.30. The third-order valence-electron chi connectivity index (χ3n) is 2.30. The first-order valence-corrected chi connectivity index (χ1v) is 8.20. The van der Waals surface area contributed by atoms with Crippen molar-refractivity contribution in [3.8, 4) is 0 Å². The summed E-state index contributed by atoms with van der Waals surface area (Å²) in [6.07, 6.45) is 2.82. The molecular formula is C11H18N2O2S2. The average molecular weight is 274 g/mol. The Morgan fingerprint density at radius 2 is 1.94 bits per heavy atom. The predicted molar refractivity (Wildman–Crippen MR) is 73.6 cm³/mol. The van der Waals surface area contributed by atoms with Crippen molar-refractivity contribution in [2.45, 2.75) is 24.3 Å². The zero-order chi connectivity index (χ0) is 12.9. The van der Waals surface area contributed by atoms with E-state index in [1.54, 1.807) is 23.9 Å². The Bertz CT molecular complexity index is 443. The summed E-state index contributed by atoms with van der Waals surface area (Å²) < 4.78 is 26.6. The van der Waals surface area contributed by atoms with Gasteiger partial charge in [0.05, 0.1) is 4.90 Å². The molecule has 1 aromatic rings. The predicted octanol–water partition coefficient (Wildman–Crippen LogP) is 1.69. The van der Waals surface area contributed by atoms with Crippen LogP contribution < -0.4 is 10.5 Å². The summed E-state index contributed by atoms with van der Waals surface area (Å²) in [7, 11) is -3.42. The second-order valence-electron chi connectivity index (χ2n) is 3.87. The second-order valence-corrected chi connectivity index (χ2v) is 6.57. The molecule has 1 aromatic carbocycles. The van der Waals surface area contributed by atoms with E-state index in [4.69, 9.17) is 5.73 Å². The number of hydrogen-bond acceptors (Lipinski definition) is 4. The molecule has 0 aliphatic rings. The van der Waals surface area contributed by atoms with Crippen molar-refractivity contribution in [1.29, 1.82) is 0 Å². The summed E-state index contributed by atoms with van der Waals surface area (Å²) >= 11 is 1.70. The summed E-state index contributed by atoms with van der Waals surface area (Å²) in [4.78, 5) is 0.253. The number of hydrogen-bond donors (Lipinski definition) is 2. The van der Waals surface area contributed by atoms with Crippen molar-refractivity contribution in [3.05, 3.63) is 24.3 Å². The van der Waals surface area contributed by atoms with Crippen LogP contribution in [-0.2, 0) is 10.0 Å². The molecule has 17 heavy (non-hydrogen) atoms. The molecule has 0 unspecified atom stereocenters. The van der Waals surface area contributed by atoms with Crippen LogP contribution in [0, 0.1) is 0 Å². The molecule has 4 nitrogen and oxygen atoms in total. The van der Waals surface area contributed by atoms with Crippen LogP contribution in [0.2, 0.25) is 0 Å². The van der Waals surface area contributed by atoms with Crippen LogP contribution >= 0.6 is 11.8 Å². The first-order valence-electron chi connectivity index (χ1n) is 5.32.